The zero-order valence-electron chi connectivity index (χ0n) is 18.4. The van der Waals surface area contributed by atoms with E-state index in [-0.39, 0.29) is 18.1 Å². The fourth-order valence-corrected chi connectivity index (χ4v) is 3.25. The summed E-state index contributed by atoms with van der Waals surface area (Å²) in [5.41, 5.74) is -3.48. The Kier molecular flexibility index (Phi) is 8.19. The summed E-state index contributed by atoms with van der Waals surface area (Å²) >= 11 is 0. The first-order valence-electron chi connectivity index (χ1n) is 10.4. The summed E-state index contributed by atoms with van der Waals surface area (Å²) in [6, 6.07) is -0.626. The first kappa shape index (κ1) is 25.8. The topological polar surface area (TPSA) is 116 Å². The monoisotopic (exact) mass is 503 g/mol. The van der Waals surface area contributed by atoms with E-state index in [1.54, 1.807) is 16.9 Å². The number of carbonyl (C=O) groups is 1. The van der Waals surface area contributed by atoms with Gasteiger partial charge in [-0.2, -0.15) is 18.3 Å². The molecule has 0 radical (unpaired) electrons. The van der Waals surface area contributed by atoms with Crippen LogP contribution in [0.25, 0.3) is 0 Å². The molecule has 1 aliphatic heterocycles. The molecule has 0 saturated carbocycles. The lowest BCUT2D eigenvalue weighted by Gasteiger charge is -2.33. The molecule has 0 bridgehead atoms. The summed E-state index contributed by atoms with van der Waals surface area (Å²) in [5, 5.41) is 7.67. The van der Waals surface area contributed by atoms with Gasteiger partial charge in [0.05, 0.1) is 17.4 Å². The molecular weight excluding hydrogens is 481 g/mol. The third-order valence-corrected chi connectivity index (χ3v) is 4.98. The van der Waals surface area contributed by atoms with E-state index in [0.29, 0.717) is 26.2 Å². The molecular formula is C20H22F5N7O3. The van der Waals surface area contributed by atoms with Gasteiger partial charge >= 0.3 is 12.3 Å². The van der Waals surface area contributed by atoms with E-state index >= 15 is 0 Å². The van der Waals surface area contributed by atoms with Crippen molar-refractivity contribution in [2.45, 2.75) is 25.6 Å². The minimum atomic E-state index is -4.86. The van der Waals surface area contributed by atoms with Crippen molar-refractivity contribution in [3.05, 3.63) is 52.2 Å². The number of alkyl halides is 5. The minimum Gasteiger partial charge on any atom is -0.445 e. The number of hydrogen-bond acceptors (Lipinski definition) is 8. The van der Waals surface area contributed by atoms with Gasteiger partial charge in [-0.25, -0.2) is 28.6 Å². The predicted octanol–water partition coefficient (Wildman–Crippen LogP) is 2.83. The number of carbonyl (C=O) groups excluding carboxylic acids is 1. The average Bonchev–Trinajstić information content (AvgIpc) is 2.81. The fraction of sp³-hybridized carbons (Fsp3) is 0.450. The molecule has 15 heteroatoms. The van der Waals surface area contributed by atoms with E-state index in [1.807, 2.05) is 0 Å². The van der Waals surface area contributed by atoms with Crippen LogP contribution in [0.4, 0.5) is 38.4 Å². The molecule has 2 aromatic rings. The van der Waals surface area contributed by atoms with Gasteiger partial charge in [0.1, 0.15) is 12.2 Å². The SMILES string of the molecule is CC(/C=C/COC(=O)N1CCN(c2ncc(C(F)F)cn2)CC1)Nc1cn[nH]c(=O)c1C(F)(F)F. The number of aromatic amines is 1. The van der Waals surface area contributed by atoms with Gasteiger partial charge in [0.15, 0.2) is 0 Å². The molecule has 1 aliphatic rings. The van der Waals surface area contributed by atoms with Crippen molar-refractivity contribution in [3.8, 4) is 0 Å². The Hall–Kier alpha value is -3.78. The number of piperazine rings is 1. The van der Waals surface area contributed by atoms with E-state index in [0.717, 1.165) is 18.6 Å². The summed E-state index contributed by atoms with van der Waals surface area (Å²) < 4.78 is 69.6. The van der Waals surface area contributed by atoms with Crippen molar-refractivity contribution >= 4 is 17.7 Å². The molecule has 1 fully saturated rings. The Morgan fingerprint density at radius 2 is 1.86 bits per heavy atom. The molecule has 3 rings (SSSR count). The molecule has 35 heavy (non-hydrogen) atoms. The molecule has 3 heterocycles. The van der Waals surface area contributed by atoms with Crippen molar-refractivity contribution in [2.75, 3.05) is 43.0 Å². The molecule has 1 unspecified atom stereocenters. The largest absolute Gasteiger partial charge is 0.445 e. The number of nitrogens with one attached hydrogen (secondary N) is 2. The zero-order chi connectivity index (χ0) is 25.6. The molecule has 1 atom stereocenters. The van der Waals surface area contributed by atoms with Crippen LogP contribution in [-0.4, -0.2) is 70.0 Å². The highest BCUT2D eigenvalue weighted by molar-refractivity contribution is 5.68. The third-order valence-electron chi connectivity index (χ3n) is 4.98. The second-order valence-corrected chi connectivity index (χ2v) is 7.51. The number of nitrogens with zero attached hydrogens (tertiary/aromatic N) is 5. The number of amides is 1. The normalized spacial score (nSPS) is 15.5. The second-order valence-electron chi connectivity index (χ2n) is 7.51. The van der Waals surface area contributed by atoms with Crippen LogP contribution in [-0.2, 0) is 10.9 Å². The Balaban J connectivity index is 1.44. The Labute approximate surface area is 195 Å². The number of halogens is 5. The van der Waals surface area contributed by atoms with E-state index in [1.165, 1.54) is 17.1 Å². The van der Waals surface area contributed by atoms with Crippen LogP contribution >= 0.6 is 0 Å². The highest BCUT2D eigenvalue weighted by Gasteiger charge is 2.37. The van der Waals surface area contributed by atoms with E-state index in [4.69, 9.17) is 4.74 Å². The van der Waals surface area contributed by atoms with Gasteiger partial charge in [-0.05, 0) is 13.0 Å². The highest BCUT2D eigenvalue weighted by atomic mass is 19.4. The van der Waals surface area contributed by atoms with Crippen molar-refractivity contribution in [3.63, 3.8) is 0 Å². The lowest BCUT2D eigenvalue weighted by atomic mass is 10.2. The number of anilines is 2. The van der Waals surface area contributed by atoms with Crippen molar-refractivity contribution < 1.29 is 31.5 Å². The van der Waals surface area contributed by atoms with E-state index in [9.17, 15) is 31.5 Å². The quantitative estimate of drug-likeness (QED) is 0.438. The lowest BCUT2D eigenvalue weighted by molar-refractivity contribution is -0.138. The maximum atomic E-state index is 13.1. The number of hydrogen-bond donors (Lipinski definition) is 2. The summed E-state index contributed by atoms with van der Waals surface area (Å²) in [4.78, 5) is 34.8. The third kappa shape index (κ3) is 6.86. The molecule has 2 N–H and O–H groups in total. The Morgan fingerprint density at radius 1 is 1.20 bits per heavy atom. The highest BCUT2D eigenvalue weighted by Crippen LogP contribution is 2.31. The Bertz CT molecular complexity index is 1080. The summed E-state index contributed by atoms with van der Waals surface area (Å²) in [5.74, 6) is 0.288. The van der Waals surface area contributed by atoms with Gasteiger partial charge in [-0.3, -0.25) is 4.79 Å². The zero-order valence-corrected chi connectivity index (χ0v) is 18.4. The van der Waals surface area contributed by atoms with Gasteiger partial charge in [0.2, 0.25) is 5.95 Å². The molecule has 0 aliphatic carbocycles. The molecule has 10 nitrogen and oxygen atoms in total. The van der Waals surface area contributed by atoms with Crippen molar-refractivity contribution in [1.82, 2.24) is 25.1 Å². The summed E-state index contributed by atoms with van der Waals surface area (Å²) in [7, 11) is 0. The smallest absolute Gasteiger partial charge is 0.423 e. The van der Waals surface area contributed by atoms with Crippen LogP contribution in [0.1, 0.15) is 24.5 Å². The van der Waals surface area contributed by atoms with Crippen molar-refractivity contribution in [2.24, 2.45) is 0 Å². The molecule has 2 aromatic heterocycles. The number of rotatable bonds is 7. The fourth-order valence-electron chi connectivity index (χ4n) is 3.25. The van der Waals surface area contributed by atoms with Gasteiger partial charge in [0.25, 0.3) is 12.0 Å². The van der Waals surface area contributed by atoms with Crippen LogP contribution in [0.5, 0.6) is 0 Å². The van der Waals surface area contributed by atoms with Crippen LogP contribution in [0.2, 0.25) is 0 Å². The van der Waals surface area contributed by atoms with Gasteiger partial charge < -0.3 is 19.9 Å². The molecule has 0 aromatic carbocycles. The number of aromatic nitrogens is 4. The van der Waals surface area contributed by atoms with Crippen LogP contribution in [0.3, 0.4) is 0 Å². The van der Waals surface area contributed by atoms with Crippen LogP contribution in [0.15, 0.2) is 35.5 Å². The van der Waals surface area contributed by atoms with Crippen LogP contribution in [0, 0.1) is 0 Å². The molecule has 1 saturated heterocycles. The molecule has 0 spiro atoms. The molecule has 190 valence electrons. The Morgan fingerprint density at radius 3 is 2.46 bits per heavy atom. The van der Waals surface area contributed by atoms with Gasteiger partial charge in [-0.15, -0.1) is 0 Å². The lowest BCUT2D eigenvalue weighted by Crippen LogP contribution is -2.49. The van der Waals surface area contributed by atoms with E-state index in [2.05, 4.69) is 20.4 Å². The van der Waals surface area contributed by atoms with Gasteiger partial charge in [0, 0.05) is 44.6 Å². The number of H-pyrrole nitrogens is 1. The maximum absolute atomic E-state index is 13.1. The first-order chi connectivity index (χ1) is 16.6. The predicted molar refractivity (Wildman–Crippen MR) is 114 cm³/mol. The summed E-state index contributed by atoms with van der Waals surface area (Å²) in [6.45, 7) is 2.79. The summed E-state index contributed by atoms with van der Waals surface area (Å²) in [6.07, 6.45) is -2.17. The average molecular weight is 503 g/mol. The second kappa shape index (κ2) is 11.1. The van der Waals surface area contributed by atoms with Crippen molar-refractivity contribution in [1.29, 1.82) is 0 Å². The number of ether oxygens (including phenoxy) is 1. The minimum absolute atomic E-state index is 0.122. The molecule has 1 amide bonds. The maximum Gasteiger partial charge on any atom is 0.423 e. The van der Waals surface area contributed by atoms with E-state index < -0.39 is 41.5 Å². The standard InChI is InChI=1S/C20H22F5N7O3/c1-12(29-14-11-28-30-17(33)15(14)20(23,24)25)3-2-8-35-19(34)32-6-4-31(5-7-32)18-26-9-13(10-27-18)16(21)22/h2-3,9-12,16H,4-8H2,1H3,(H2,29,30,33)/b3-2+. The van der Waals surface area contributed by atoms with Gasteiger partial charge in [-0.1, -0.05) is 6.08 Å². The first-order valence-corrected chi connectivity index (χ1v) is 10.4. The van der Waals surface area contributed by atoms with Crippen LogP contribution < -0.4 is 15.8 Å².